The van der Waals surface area contributed by atoms with Crippen molar-refractivity contribution in [2.75, 3.05) is 38.7 Å². The number of nitrogens with one attached hydrogen (secondary N) is 1. The van der Waals surface area contributed by atoms with Gasteiger partial charge in [-0.05, 0) is 80.5 Å². The fourth-order valence-corrected chi connectivity index (χ4v) is 5.76. The predicted molar refractivity (Wildman–Crippen MR) is 156 cm³/mol. The third-order valence-corrected chi connectivity index (χ3v) is 8.24. The first kappa shape index (κ1) is 30.2. The van der Waals surface area contributed by atoms with Crippen LogP contribution in [0.4, 0.5) is 15.3 Å². The summed E-state index contributed by atoms with van der Waals surface area (Å²) in [6, 6.07) is 13.8. The van der Waals surface area contributed by atoms with Crippen LogP contribution < -0.4 is 15.0 Å². The van der Waals surface area contributed by atoms with E-state index in [1.165, 1.54) is 17.6 Å². The number of piperazine rings is 1. The molecule has 2 fully saturated rings. The largest absolute Gasteiger partial charge is 0.490 e. The smallest absolute Gasteiger partial charge is 0.407 e. The zero-order valence-corrected chi connectivity index (χ0v) is 24.5. The SMILES string of the molecule is COC(=O)NCc1cccc(O[C@H]2CC[C@H](C(=O)N(C)c3ccc(CN4CCN(C(=O)O)[C@@H](C)C4)c(C)c3)CC2)c1. The molecule has 41 heavy (non-hydrogen) atoms. The topological polar surface area (TPSA) is 112 Å². The molecule has 1 saturated heterocycles. The first-order valence-corrected chi connectivity index (χ1v) is 14.3. The standard InChI is InChI=1S/C31H42N4O6/c1-21-16-26(11-8-25(21)20-34-14-15-35(31(38)39)22(2)19-34)33(3)29(36)24-9-12-27(13-10-24)41-28-7-5-6-23(17-28)18-32-30(37)40-4/h5-8,11,16-17,22,24,27H,9-10,12-15,18-20H2,1-4H3,(H,32,37)(H,38,39)/t22-,24-,27-/m0/s1. The Morgan fingerprint density at radius 1 is 1.07 bits per heavy atom. The summed E-state index contributed by atoms with van der Waals surface area (Å²) < 4.78 is 10.8. The lowest BCUT2D eigenvalue weighted by Gasteiger charge is -2.38. The summed E-state index contributed by atoms with van der Waals surface area (Å²) in [5.74, 6) is 0.849. The molecule has 1 heterocycles. The number of ether oxygens (including phenoxy) is 2. The molecule has 10 nitrogen and oxygen atoms in total. The average molecular weight is 567 g/mol. The number of carboxylic acid groups (broad SMARTS) is 1. The number of rotatable bonds is 8. The fraction of sp³-hybridized carbons (Fsp3) is 0.516. The monoisotopic (exact) mass is 566 g/mol. The first-order valence-electron chi connectivity index (χ1n) is 14.3. The van der Waals surface area contributed by atoms with Crippen molar-refractivity contribution in [3.8, 4) is 5.75 Å². The van der Waals surface area contributed by atoms with Crippen LogP contribution in [0.25, 0.3) is 0 Å². The van der Waals surface area contributed by atoms with Crippen LogP contribution >= 0.6 is 0 Å². The van der Waals surface area contributed by atoms with Crippen molar-refractivity contribution in [2.45, 2.75) is 64.8 Å². The fourth-order valence-electron chi connectivity index (χ4n) is 5.76. The summed E-state index contributed by atoms with van der Waals surface area (Å²) in [4.78, 5) is 41.6. The number of nitrogens with zero attached hydrogens (tertiary/aromatic N) is 3. The van der Waals surface area contributed by atoms with Crippen molar-refractivity contribution >= 4 is 23.8 Å². The van der Waals surface area contributed by atoms with Crippen molar-refractivity contribution in [2.24, 2.45) is 5.92 Å². The molecule has 1 aliphatic carbocycles. The molecule has 10 heteroatoms. The summed E-state index contributed by atoms with van der Waals surface area (Å²) in [5.41, 5.74) is 4.12. The first-order chi connectivity index (χ1) is 19.6. The van der Waals surface area contributed by atoms with Crippen LogP contribution in [0.2, 0.25) is 0 Å². The summed E-state index contributed by atoms with van der Waals surface area (Å²) in [7, 11) is 3.18. The van der Waals surface area contributed by atoms with Crippen LogP contribution in [-0.2, 0) is 22.6 Å². The van der Waals surface area contributed by atoms with Crippen molar-refractivity contribution < 1.29 is 29.0 Å². The van der Waals surface area contributed by atoms with Gasteiger partial charge in [0.1, 0.15) is 5.75 Å². The van der Waals surface area contributed by atoms with Gasteiger partial charge in [-0.1, -0.05) is 18.2 Å². The average Bonchev–Trinajstić information content (AvgIpc) is 2.96. The molecule has 0 radical (unpaired) electrons. The number of anilines is 1. The Labute approximate surface area is 242 Å². The highest BCUT2D eigenvalue weighted by atomic mass is 16.5. The lowest BCUT2D eigenvalue weighted by Crippen LogP contribution is -2.53. The van der Waals surface area contributed by atoms with Gasteiger partial charge in [-0.2, -0.15) is 0 Å². The number of benzene rings is 2. The molecular weight excluding hydrogens is 524 g/mol. The number of methoxy groups -OCH3 is 1. The van der Waals surface area contributed by atoms with Crippen molar-refractivity contribution in [3.05, 3.63) is 59.2 Å². The molecule has 2 aromatic rings. The van der Waals surface area contributed by atoms with Gasteiger partial charge in [0, 0.05) is 57.4 Å². The molecule has 0 bridgehead atoms. The zero-order valence-electron chi connectivity index (χ0n) is 24.5. The van der Waals surface area contributed by atoms with Crippen LogP contribution in [0.3, 0.4) is 0 Å². The van der Waals surface area contributed by atoms with Gasteiger partial charge in [0.25, 0.3) is 0 Å². The number of aryl methyl sites for hydroxylation is 1. The molecule has 3 amide bonds. The summed E-state index contributed by atoms with van der Waals surface area (Å²) in [5, 5.41) is 12.0. The summed E-state index contributed by atoms with van der Waals surface area (Å²) in [6.07, 6.45) is 1.88. The van der Waals surface area contributed by atoms with E-state index in [2.05, 4.69) is 34.0 Å². The van der Waals surface area contributed by atoms with Gasteiger partial charge >= 0.3 is 12.2 Å². The molecule has 0 spiro atoms. The molecular formula is C31H42N4O6. The van der Waals surface area contributed by atoms with E-state index < -0.39 is 12.2 Å². The summed E-state index contributed by atoms with van der Waals surface area (Å²) >= 11 is 0. The Morgan fingerprint density at radius 2 is 1.83 bits per heavy atom. The maximum atomic E-state index is 13.4. The van der Waals surface area contributed by atoms with Gasteiger partial charge in [-0.15, -0.1) is 0 Å². The maximum absolute atomic E-state index is 13.4. The predicted octanol–water partition coefficient (Wildman–Crippen LogP) is 4.64. The number of hydrogen-bond acceptors (Lipinski definition) is 6. The van der Waals surface area contributed by atoms with E-state index in [9.17, 15) is 19.5 Å². The number of hydrogen-bond donors (Lipinski definition) is 2. The van der Waals surface area contributed by atoms with E-state index in [0.717, 1.165) is 54.8 Å². The molecule has 1 atom stereocenters. The second-order valence-electron chi connectivity index (χ2n) is 11.2. The van der Waals surface area contributed by atoms with Crippen LogP contribution in [-0.4, -0.2) is 78.9 Å². The van der Waals surface area contributed by atoms with E-state index in [-0.39, 0.29) is 24.0 Å². The highest BCUT2D eigenvalue weighted by molar-refractivity contribution is 5.94. The molecule has 2 aromatic carbocycles. The highest BCUT2D eigenvalue weighted by Gasteiger charge is 2.30. The Hall–Kier alpha value is -3.79. The molecule has 4 rings (SSSR count). The lowest BCUT2D eigenvalue weighted by atomic mass is 9.86. The Kier molecular flexibility index (Phi) is 10.1. The third-order valence-electron chi connectivity index (χ3n) is 8.24. The Balaban J connectivity index is 1.27. The van der Waals surface area contributed by atoms with Crippen LogP contribution in [0.15, 0.2) is 42.5 Å². The van der Waals surface area contributed by atoms with Gasteiger partial charge < -0.3 is 29.7 Å². The van der Waals surface area contributed by atoms with E-state index >= 15 is 0 Å². The summed E-state index contributed by atoms with van der Waals surface area (Å²) in [6.45, 7) is 7.06. The zero-order chi connectivity index (χ0) is 29.5. The molecule has 2 aliphatic rings. The minimum Gasteiger partial charge on any atom is -0.490 e. The van der Waals surface area contributed by atoms with E-state index in [4.69, 9.17) is 4.74 Å². The quantitative estimate of drug-likeness (QED) is 0.479. The second kappa shape index (κ2) is 13.7. The van der Waals surface area contributed by atoms with E-state index in [1.807, 2.05) is 44.3 Å². The molecule has 0 aromatic heterocycles. The second-order valence-corrected chi connectivity index (χ2v) is 11.2. The number of carbonyl (C=O) groups is 3. The number of carbonyl (C=O) groups excluding carboxylic acids is 2. The Morgan fingerprint density at radius 3 is 2.49 bits per heavy atom. The number of alkyl carbamates (subject to hydrolysis) is 1. The number of amides is 3. The van der Waals surface area contributed by atoms with Crippen LogP contribution in [0.1, 0.15) is 49.3 Å². The third kappa shape index (κ3) is 7.91. The van der Waals surface area contributed by atoms with Crippen LogP contribution in [0, 0.1) is 12.8 Å². The van der Waals surface area contributed by atoms with E-state index in [1.54, 1.807) is 4.90 Å². The van der Waals surface area contributed by atoms with Gasteiger partial charge in [0.2, 0.25) is 5.91 Å². The van der Waals surface area contributed by atoms with Crippen molar-refractivity contribution in [1.82, 2.24) is 15.1 Å². The minimum absolute atomic E-state index is 0.0365. The maximum Gasteiger partial charge on any atom is 0.407 e. The highest BCUT2D eigenvalue weighted by Crippen LogP contribution is 2.31. The van der Waals surface area contributed by atoms with Gasteiger partial charge in [-0.25, -0.2) is 9.59 Å². The van der Waals surface area contributed by atoms with Gasteiger partial charge in [0.05, 0.1) is 13.2 Å². The van der Waals surface area contributed by atoms with Crippen LogP contribution in [0.5, 0.6) is 5.75 Å². The van der Waals surface area contributed by atoms with E-state index in [0.29, 0.717) is 26.2 Å². The van der Waals surface area contributed by atoms with Gasteiger partial charge in [-0.3, -0.25) is 9.69 Å². The van der Waals surface area contributed by atoms with Gasteiger partial charge in [0.15, 0.2) is 0 Å². The molecule has 0 unspecified atom stereocenters. The minimum atomic E-state index is -0.858. The van der Waals surface area contributed by atoms with Crippen molar-refractivity contribution in [1.29, 1.82) is 0 Å². The molecule has 222 valence electrons. The normalized spacial score (nSPS) is 21.2. The van der Waals surface area contributed by atoms with Crippen molar-refractivity contribution in [3.63, 3.8) is 0 Å². The molecule has 2 N–H and O–H groups in total. The Bertz CT molecular complexity index is 1230. The lowest BCUT2D eigenvalue weighted by molar-refractivity contribution is -0.123. The molecule has 1 aliphatic heterocycles. The molecule has 1 saturated carbocycles.